The van der Waals surface area contributed by atoms with Gasteiger partial charge in [0.05, 0.1) is 6.61 Å². The van der Waals surface area contributed by atoms with Gasteiger partial charge >= 0.3 is 0 Å². The summed E-state index contributed by atoms with van der Waals surface area (Å²) in [5.74, 6) is 2.41. The highest BCUT2D eigenvalue weighted by Gasteiger charge is 2.27. The minimum atomic E-state index is 0.0571. The van der Waals surface area contributed by atoms with Crippen molar-refractivity contribution >= 4 is 17.4 Å². The average molecular weight is 392 g/mol. The summed E-state index contributed by atoms with van der Waals surface area (Å²) in [5.41, 5.74) is 1.96. The maximum atomic E-state index is 12.7. The molecule has 1 N–H and O–H groups in total. The van der Waals surface area contributed by atoms with E-state index < -0.39 is 0 Å². The van der Waals surface area contributed by atoms with E-state index in [0.717, 1.165) is 49.6 Å². The summed E-state index contributed by atoms with van der Waals surface area (Å²) >= 11 is 0. The molecule has 1 unspecified atom stereocenters. The van der Waals surface area contributed by atoms with Gasteiger partial charge in [0, 0.05) is 31.5 Å². The molecule has 8 nitrogen and oxygen atoms in total. The Labute approximate surface area is 168 Å². The van der Waals surface area contributed by atoms with Gasteiger partial charge in [-0.2, -0.15) is 4.52 Å². The standard InChI is InChI=1S/C21H24N6O2/c28-21(22-12-15-11-17-3-1-2-4-18(17)29-13-15)16-7-9-26(10-8-16)20-6-5-19-24-23-14-27(19)25-20/h1-6,14-16H,7-13H2,(H,22,28). The second-order valence-corrected chi connectivity index (χ2v) is 7.82. The Balaban J connectivity index is 1.12. The molecule has 2 aromatic heterocycles. The molecule has 150 valence electrons. The van der Waals surface area contributed by atoms with Crippen LogP contribution in [-0.2, 0) is 11.2 Å². The van der Waals surface area contributed by atoms with Crippen molar-refractivity contribution in [1.82, 2.24) is 25.1 Å². The molecular weight excluding hydrogens is 368 g/mol. The Morgan fingerprint density at radius 3 is 2.93 bits per heavy atom. The first kappa shape index (κ1) is 17.9. The highest BCUT2D eigenvalue weighted by atomic mass is 16.5. The summed E-state index contributed by atoms with van der Waals surface area (Å²) in [6, 6.07) is 12.0. The van der Waals surface area contributed by atoms with Crippen LogP contribution < -0.4 is 15.0 Å². The molecule has 1 aromatic carbocycles. The third kappa shape index (κ3) is 3.74. The van der Waals surface area contributed by atoms with Crippen LogP contribution in [0.15, 0.2) is 42.7 Å². The lowest BCUT2D eigenvalue weighted by molar-refractivity contribution is -0.125. The van der Waals surface area contributed by atoms with Crippen molar-refractivity contribution in [1.29, 1.82) is 0 Å². The minimum Gasteiger partial charge on any atom is -0.493 e. The zero-order chi connectivity index (χ0) is 19.6. The fourth-order valence-electron chi connectivity index (χ4n) is 4.17. The minimum absolute atomic E-state index is 0.0571. The SMILES string of the molecule is O=C(NCC1COc2ccccc2C1)C1CCN(c2ccc3nncn3n2)CC1. The van der Waals surface area contributed by atoms with Crippen LogP contribution in [0.25, 0.3) is 5.65 Å². The highest BCUT2D eigenvalue weighted by Crippen LogP contribution is 2.27. The average Bonchev–Trinajstić information content (AvgIpc) is 3.25. The summed E-state index contributed by atoms with van der Waals surface area (Å²) < 4.78 is 7.50. The monoisotopic (exact) mass is 392 g/mol. The molecule has 0 aliphatic carbocycles. The lowest BCUT2D eigenvalue weighted by Crippen LogP contribution is -2.43. The van der Waals surface area contributed by atoms with E-state index in [-0.39, 0.29) is 11.8 Å². The molecule has 5 rings (SSSR count). The molecule has 29 heavy (non-hydrogen) atoms. The number of ether oxygens (including phenoxy) is 1. The number of fused-ring (bicyclic) bond motifs is 2. The predicted molar refractivity (Wildman–Crippen MR) is 108 cm³/mol. The van der Waals surface area contributed by atoms with E-state index in [1.165, 1.54) is 5.56 Å². The summed E-state index contributed by atoms with van der Waals surface area (Å²) in [6.45, 7) is 2.96. The topological polar surface area (TPSA) is 84.6 Å². The zero-order valence-corrected chi connectivity index (χ0v) is 16.2. The van der Waals surface area contributed by atoms with Crippen molar-refractivity contribution in [2.75, 3.05) is 31.1 Å². The first-order valence-corrected chi connectivity index (χ1v) is 10.2. The molecule has 8 heteroatoms. The quantitative estimate of drug-likeness (QED) is 0.728. The van der Waals surface area contributed by atoms with Crippen LogP contribution in [0.3, 0.4) is 0 Å². The Morgan fingerprint density at radius 2 is 2.03 bits per heavy atom. The number of carbonyl (C=O) groups excluding carboxylic acids is 1. The number of aromatic nitrogens is 4. The fourth-order valence-corrected chi connectivity index (χ4v) is 4.17. The number of benzene rings is 1. The Morgan fingerprint density at radius 1 is 1.17 bits per heavy atom. The third-order valence-electron chi connectivity index (χ3n) is 5.86. The van der Waals surface area contributed by atoms with Crippen molar-refractivity contribution in [3.8, 4) is 5.75 Å². The number of amides is 1. The van der Waals surface area contributed by atoms with Crippen LogP contribution in [0.2, 0.25) is 0 Å². The number of anilines is 1. The Bertz CT molecular complexity index is 1010. The van der Waals surface area contributed by atoms with Crippen molar-refractivity contribution in [3.05, 3.63) is 48.3 Å². The molecule has 1 saturated heterocycles. The normalized spacial score (nSPS) is 19.6. The fraction of sp³-hybridized carbons (Fsp3) is 0.429. The number of para-hydroxylation sites is 1. The maximum absolute atomic E-state index is 12.7. The number of nitrogens with one attached hydrogen (secondary N) is 1. The zero-order valence-electron chi connectivity index (χ0n) is 16.2. The molecule has 2 aliphatic heterocycles. The predicted octanol–water partition coefficient (Wildman–Crippen LogP) is 1.71. The van der Waals surface area contributed by atoms with Gasteiger partial charge in [-0.1, -0.05) is 18.2 Å². The van der Waals surface area contributed by atoms with Crippen LogP contribution in [-0.4, -0.2) is 52.0 Å². The third-order valence-corrected chi connectivity index (χ3v) is 5.86. The van der Waals surface area contributed by atoms with Gasteiger partial charge in [-0.15, -0.1) is 15.3 Å². The second-order valence-electron chi connectivity index (χ2n) is 7.82. The van der Waals surface area contributed by atoms with Gasteiger partial charge < -0.3 is 15.0 Å². The summed E-state index contributed by atoms with van der Waals surface area (Å²) in [7, 11) is 0. The van der Waals surface area contributed by atoms with E-state index in [1.54, 1.807) is 10.8 Å². The van der Waals surface area contributed by atoms with E-state index in [9.17, 15) is 4.79 Å². The van der Waals surface area contributed by atoms with E-state index in [1.807, 2.05) is 30.3 Å². The van der Waals surface area contributed by atoms with Gasteiger partial charge in [-0.25, -0.2) is 0 Å². The van der Waals surface area contributed by atoms with Crippen LogP contribution in [0.4, 0.5) is 5.82 Å². The Hall–Kier alpha value is -3.16. The van der Waals surface area contributed by atoms with E-state index >= 15 is 0 Å². The summed E-state index contributed by atoms with van der Waals surface area (Å²) in [5, 5.41) is 15.5. The molecular formula is C21H24N6O2. The Kier molecular flexibility index (Phi) is 4.75. The molecule has 1 amide bonds. The highest BCUT2D eigenvalue weighted by molar-refractivity contribution is 5.79. The molecule has 4 heterocycles. The van der Waals surface area contributed by atoms with E-state index in [2.05, 4.69) is 31.6 Å². The molecule has 0 saturated carbocycles. The number of piperidine rings is 1. The van der Waals surface area contributed by atoms with Gasteiger partial charge in [-0.05, 0) is 43.0 Å². The first-order valence-electron chi connectivity index (χ1n) is 10.2. The molecule has 1 fully saturated rings. The van der Waals surface area contributed by atoms with Gasteiger partial charge in [0.25, 0.3) is 0 Å². The van der Waals surface area contributed by atoms with Crippen LogP contribution in [0.1, 0.15) is 18.4 Å². The molecule has 0 bridgehead atoms. The number of hydrogen-bond donors (Lipinski definition) is 1. The maximum Gasteiger partial charge on any atom is 0.223 e. The largest absolute Gasteiger partial charge is 0.493 e. The molecule has 3 aromatic rings. The number of carbonyl (C=O) groups is 1. The van der Waals surface area contributed by atoms with E-state index in [0.29, 0.717) is 19.1 Å². The van der Waals surface area contributed by atoms with E-state index in [4.69, 9.17) is 4.74 Å². The first-order chi connectivity index (χ1) is 14.3. The lowest BCUT2D eigenvalue weighted by Gasteiger charge is -2.32. The van der Waals surface area contributed by atoms with Gasteiger partial charge in [0.1, 0.15) is 17.9 Å². The number of hydrogen-bond acceptors (Lipinski definition) is 6. The lowest BCUT2D eigenvalue weighted by atomic mass is 9.94. The molecule has 2 aliphatic rings. The van der Waals surface area contributed by atoms with Crippen molar-refractivity contribution < 1.29 is 9.53 Å². The second kappa shape index (κ2) is 7.69. The number of rotatable bonds is 4. The smallest absolute Gasteiger partial charge is 0.223 e. The summed E-state index contributed by atoms with van der Waals surface area (Å²) in [4.78, 5) is 14.9. The van der Waals surface area contributed by atoms with Crippen molar-refractivity contribution in [2.45, 2.75) is 19.3 Å². The molecule has 1 atom stereocenters. The van der Waals surface area contributed by atoms with Gasteiger partial charge in [0.15, 0.2) is 5.65 Å². The number of nitrogens with zero attached hydrogens (tertiary/aromatic N) is 5. The summed E-state index contributed by atoms with van der Waals surface area (Å²) in [6.07, 6.45) is 4.22. The van der Waals surface area contributed by atoms with Crippen LogP contribution in [0, 0.1) is 11.8 Å². The molecule has 0 spiro atoms. The van der Waals surface area contributed by atoms with Crippen LogP contribution >= 0.6 is 0 Å². The molecule has 0 radical (unpaired) electrons. The van der Waals surface area contributed by atoms with Gasteiger partial charge in [-0.3, -0.25) is 4.79 Å². The van der Waals surface area contributed by atoms with Crippen molar-refractivity contribution in [3.63, 3.8) is 0 Å². The van der Waals surface area contributed by atoms with Gasteiger partial charge in [0.2, 0.25) is 5.91 Å². The van der Waals surface area contributed by atoms with Crippen molar-refractivity contribution in [2.24, 2.45) is 11.8 Å². The van der Waals surface area contributed by atoms with Crippen LogP contribution in [0.5, 0.6) is 5.75 Å².